The van der Waals surface area contributed by atoms with Crippen LogP contribution in [-0.4, -0.2) is 31.7 Å². The predicted octanol–water partition coefficient (Wildman–Crippen LogP) is 1.05. The van der Waals surface area contributed by atoms with Crippen LogP contribution in [0.2, 0.25) is 0 Å². The number of likely N-dealkylation sites (N-methyl/N-ethyl adjacent to an activating group) is 1. The zero-order chi connectivity index (χ0) is 11.0. The van der Waals surface area contributed by atoms with E-state index < -0.39 is 24.9 Å². The van der Waals surface area contributed by atoms with Crippen LogP contribution in [0.4, 0.5) is 13.2 Å². The second-order valence-electron chi connectivity index (χ2n) is 2.82. The molecule has 0 aliphatic carbocycles. The maximum atomic E-state index is 11.7. The van der Waals surface area contributed by atoms with E-state index in [4.69, 9.17) is 0 Å². The van der Waals surface area contributed by atoms with Crippen LogP contribution in [-0.2, 0) is 4.79 Å². The Morgan fingerprint density at radius 2 is 1.93 bits per heavy atom. The van der Waals surface area contributed by atoms with Gasteiger partial charge in [-0.3, -0.25) is 4.79 Å². The molecule has 0 fully saturated rings. The standard InChI is InChI=1S/C8H15F3N2O/c1-2-12-5-6-13-7(14)3-4-8(9,10)11/h12H,2-6H2,1H3,(H,13,14). The highest BCUT2D eigenvalue weighted by Crippen LogP contribution is 2.20. The molecule has 0 saturated heterocycles. The molecule has 3 nitrogen and oxygen atoms in total. The summed E-state index contributed by atoms with van der Waals surface area (Å²) in [6, 6.07) is 0. The van der Waals surface area contributed by atoms with Crippen molar-refractivity contribution >= 4 is 5.91 Å². The highest BCUT2D eigenvalue weighted by molar-refractivity contribution is 5.75. The number of nitrogens with one attached hydrogen (secondary N) is 2. The molecule has 0 aliphatic heterocycles. The fourth-order valence-electron chi connectivity index (χ4n) is 0.811. The van der Waals surface area contributed by atoms with Gasteiger partial charge in [-0.05, 0) is 6.54 Å². The molecule has 0 rings (SSSR count). The Morgan fingerprint density at radius 3 is 2.43 bits per heavy atom. The van der Waals surface area contributed by atoms with Crippen LogP contribution >= 0.6 is 0 Å². The SMILES string of the molecule is CCNCCNC(=O)CCC(F)(F)F. The first-order chi connectivity index (χ1) is 6.45. The van der Waals surface area contributed by atoms with Crippen molar-refractivity contribution in [1.82, 2.24) is 10.6 Å². The summed E-state index contributed by atoms with van der Waals surface area (Å²) < 4.78 is 35.0. The minimum atomic E-state index is -4.25. The third-order valence-electron chi connectivity index (χ3n) is 1.51. The van der Waals surface area contributed by atoms with Gasteiger partial charge in [0.05, 0.1) is 6.42 Å². The van der Waals surface area contributed by atoms with Crippen molar-refractivity contribution in [2.75, 3.05) is 19.6 Å². The third-order valence-corrected chi connectivity index (χ3v) is 1.51. The van der Waals surface area contributed by atoms with Crippen molar-refractivity contribution in [3.63, 3.8) is 0 Å². The van der Waals surface area contributed by atoms with Crippen LogP contribution in [0.15, 0.2) is 0 Å². The van der Waals surface area contributed by atoms with E-state index in [9.17, 15) is 18.0 Å². The van der Waals surface area contributed by atoms with Crippen LogP contribution in [0.5, 0.6) is 0 Å². The normalized spacial score (nSPS) is 11.4. The Bertz CT molecular complexity index is 170. The monoisotopic (exact) mass is 212 g/mol. The molecule has 14 heavy (non-hydrogen) atoms. The van der Waals surface area contributed by atoms with E-state index in [1.165, 1.54) is 0 Å². The molecule has 2 N–H and O–H groups in total. The minimum Gasteiger partial charge on any atom is -0.355 e. The lowest BCUT2D eigenvalue weighted by Crippen LogP contribution is -2.32. The Kier molecular flexibility index (Phi) is 6.27. The number of rotatable bonds is 6. The Morgan fingerprint density at radius 1 is 1.29 bits per heavy atom. The molecule has 0 aliphatic rings. The van der Waals surface area contributed by atoms with E-state index in [1.807, 2.05) is 6.92 Å². The lowest BCUT2D eigenvalue weighted by Gasteiger charge is -2.07. The first kappa shape index (κ1) is 13.2. The fourth-order valence-corrected chi connectivity index (χ4v) is 0.811. The van der Waals surface area contributed by atoms with Gasteiger partial charge >= 0.3 is 6.18 Å². The quantitative estimate of drug-likeness (QED) is 0.646. The van der Waals surface area contributed by atoms with Crippen LogP contribution < -0.4 is 10.6 Å². The van der Waals surface area contributed by atoms with Crippen molar-refractivity contribution in [2.24, 2.45) is 0 Å². The van der Waals surface area contributed by atoms with Crippen molar-refractivity contribution in [3.8, 4) is 0 Å². The van der Waals surface area contributed by atoms with Gasteiger partial charge in [-0.2, -0.15) is 13.2 Å². The summed E-state index contributed by atoms with van der Waals surface area (Å²) in [7, 11) is 0. The molecule has 0 radical (unpaired) electrons. The Hall–Kier alpha value is -0.780. The first-order valence-electron chi connectivity index (χ1n) is 4.50. The number of amides is 1. The highest BCUT2D eigenvalue weighted by Gasteiger charge is 2.27. The van der Waals surface area contributed by atoms with Gasteiger partial charge in [-0.1, -0.05) is 6.92 Å². The smallest absolute Gasteiger partial charge is 0.355 e. The molecule has 0 aromatic rings. The summed E-state index contributed by atoms with van der Waals surface area (Å²) >= 11 is 0. The second kappa shape index (κ2) is 6.64. The molecule has 0 saturated carbocycles. The van der Waals surface area contributed by atoms with E-state index in [0.29, 0.717) is 13.1 Å². The summed E-state index contributed by atoms with van der Waals surface area (Å²) in [5.41, 5.74) is 0. The summed E-state index contributed by atoms with van der Waals surface area (Å²) in [6.45, 7) is 3.63. The fraction of sp³-hybridized carbons (Fsp3) is 0.875. The summed E-state index contributed by atoms with van der Waals surface area (Å²) in [5, 5.41) is 5.33. The number of carbonyl (C=O) groups excluding carboxylic acids is 1. The van der Waals surface area contributed by atoms with Gasteiger partial charge in [-0.25, -0.2) is 0 Å². The average molecular weight is 212 g/mol. The maximum absolute atomic E-state index is 11.7. The zero-order valence-electron chi connectivity index (χ0n) is 8.08. The van der Waals surface area contributed by atoms with Gasteiger partial charge in [-0.15, -0.1) is 0 Å². The molecule has 1 amide bonds. The van der Waals surface area contributed by atoms with Gasteiger partial charge in [0.15, 0.2) is 0 Å². The van der Waals surface area contributed by atoms with Crippen molar-refractivity contribution in [3.05, 3.63) is 0 Å². The zero-order valence-corrected chi connectivity index (χ0v) is 8.08. The lowest BCUT2D eigenvalue weighted by molar-refractivity contribution is -0.144. The maximum Gasteiger partial charge on any atom is 0.389 e. The van der Waals surface area contributed by atoms with E-state index in [2.05, 4.69) is 10.6 Å². The number of hydrogen-bond donors (Lipinski definition) is 2. The molecule has 84 valence electrons. The van der Waals surface area contributed by atoms with E-state index in [-0.39, 0.29) is 0 Å². The van der Waals surface area contributed by atoms with Crippen LogP contribution in [0.3, 0.4) is 0 Å². The molecule has 0 unspecified atom stereocenters. The number of halogens is 3. The topological polar surface area (TPSA) is 41.1 Å². The summed E-state index contributed by atoms with van der Waals surface area (Å²) in [6.07, 6.45) is -5.80. The molecule has 0 aromatic carbocycles. The molecule has 0 heterocycles. The first-order valence-corrected chi connectivity index (χ1v) is 4.50. The van der Waals surface area contributed by atoms with Crippen LogP contribution in [0.25, 0.3) is 0 Å². The van der Waals surface area contributed by atoms with Crippen molar-refractivity contribution in [2.45, 2.75) is 25.9 Å². The largest absolute Gasteiger partial charge is 0.389 e. The van der Waals surface area contributed by atoms with Gasteiger partial charge < -0.3 is 10.6 Å². The third kappa shape index (κ3) is 9.31. The molecule has 0 spiro atoms. The lowest BCUT2D eigenvalue weighted by atomic mass is 10.3. The van der Waals surface area contributed by atoms with Crippen molar-refractivity contribution in [1.29, 1.82) is 0 Å². The van der Waals surface area contributed by atoms with E-state index >= 15 is 0 Å². The van der Waals surface area contributed by atoms with Gasteiger partial charge in [0.2, 0.25) is 5.91 Å². The van der Waals surface area contributed by atoms with Crippen LogP contribution in [0, 0.1) is 0 Å². The number of carbonyl (C=O) groups is 1. The highest BCUT2D eigenvalue weighted by atomic mass is 19.4. The summed E-state index contributed by atoms with van der Waals surface area (Å²) in [4.78, 5) is 10.8. The second-order valence-corrected chi connectivity index (χ2v) is 2.82. The van der Waals surface area contributed by atoms with E-state index in [1.54, 1.807) is 0 Å². The Balaban J connectivity index is 3.38. The van der Waals surface area contributed by atoms with E-state index in [0.717, 1.165) is 6.54 Å². The molecule has 6 heteroatoms. The van der Waals surface area contributed by atoms with Gasteiger partial charge in [0.1, 0.15) is 0 Å². The van der Waals surface area contributed by atoms with Gasteiger partial charge in [0, 0.05) is 19.5 Å². The summed E-state index contributed by atoms with van der Waals surface area (Å²) in [5.74, 6) is -0.555. The molecular weight excluding hydrogens is 197 g/mol. The predicted molar refractivity (Wildman–Crippen MR) is 46.8 cm³/mol. The number of hydrogen-bond acceptors (Lipinski definition) is 2. The molecule has 0 bridgehead atoms. The minimum absolute atomic E-state index is 0.366. The molecular formula is C8H15F3N2O. The molecule has 0 aromatic heterocycles. The number of alkyl halides is 3. The Labute approximate surface area is 81.1 Å². The molecule has 0 atom stereocenters. The van der Waals surface area contributed by atoms with Gasteiger partial charge in [0.25, 0.3) is 0 Å². The van der Waals surface area contributed by atoms with Crippen LogP contribution in [0.1, 0.15) is 19.8 Å². The van der Waals surface area contributed by atoms with Crippen molar-refractivity contribution < 1.29 is 18.0 Å². The average Bonchev–Trinajstić information content (AvgIpc) is 2.08.